The summed E-state index contributed by atoms with van der Waals surface area (Å²) in [5.74, 6) is 0. The molecule has 2 aliphatic rings. The molecule has 4 nitrogen and oxygen atoms in total. The van der Waals surface area contributed by atoms with E-state index in [0.717, 1.165) is 38.1 Å². The summed E-state index contributed by atoms with van der Waals surface area (Å²) in [7, 11) is -3.95. The molecule has 23 heavy (non-hydrogen) atoms. The molecular weight excluding hydrogens is 353 g/mol. The van der Waals surface area contributed by atoms with E-state index in [0.29, 0.717) is 19.2 Å². The number of hydrogen-bond donors (Lipinski definition) is 1. The van der Waals surface area contributed by atoms with Crippen LogP contribution in [0.3, 0.4) is 0 Å². The van der Waals surface area contributed by atoms with Gasteiger partial charge in [-0.2, -0.15) is 17.5 Å². The zero-order valence-electron chi connectivity index (χ0n) is 12.2. The van der Waals surface area contributed by atoms with Crippen LogP contribution in [0.4, 0.5) is 13.2 Å². The van der Waals surface area contributed by atoms with Crippen LogP contribution in [-0.2, 0) is 16.2 Å². The third-order valence-corrected chi connectivity index (χ3v) is 6.79. The Hall–Kier alpha value is -0.830. The summed E-state index contributed by atoms with van der Waals surface area (Å²) in [6, 6.07) is 2.74. The molecule has 1 unspecified atom stereocenters. The molecule has 0 radical (unpaired) electrons. The van der Waals surface area contributed by atoms with E-state index in [1.165, 1.54) is 4.31 Å². The zero-order chi connectivity index (χ0) is 16.9. The van der Waals surface area contributed by atoms with Gasteiger partial charge in [-0.3, -0.25) is 0 Å². The third-order valence-electron chi connectivity index (χ3n) is 4.62. The first kappa shape index (κ1) is 17.0. The molecule has 0 aliphatic carbocycles. The molecule has 9 heteroatoms. The topological polar surface area (TPSA) is 49.4 Å². The number of nitrogens with one attached hydrogen (secondary N) is 1. The Labute approximate surface area is 137 Å². The van der Waals surface area contributed by atoms with Crippen LogP contribution in [0, 0.1) is 5.41 Å². The van der Waals surface area contributed by atoms with Crippen LogP contribution in [0.2, 0.25) is 5.02 Å². The molecule has 2 heterocycles. The minimum absolute atomic E-state index is 0.0909. The van der Waals surface area contributed by atoms with Crippen molar-refractivity contribution in [2.24, 2.45) is 5.41 Å². The highest BCUT2D eigenvalue weighted by Crippen LogP contribution is 2.40. The number of rotatable bonds is 2. The maximum atomic E-state index is 12.9. The van der Waals surface area contributed by atoms with Crippen LogP contribution in [0.15, 0.2) is 23.1 Å². The predicted octanol–water partition coefficient (Wildman–Crippen LogP) is 2.73. The van der Waals surface area contributed by atoms with Crippen molar-refractivity contribution < 1.29 is 21.6 Å². The Bertz CT molecular complexity index is 715. The van der Waals surface area contributed by atoms with Crippen LogP contribution in [0.5, 0.6) is 0 Å². The first-order chi connectivity index (χ1) is 10.6. The predicted molar refractivity (Wildman–Crippen MR) is 79.7 cm³/mol. The Morgan fingerprint density at radius 2 is 2.00 bits per heavy atom. The molecule has 2 fully saturated rings. The summed E-state index contributed by atoms with van der Waals surface area (Å²) in [6.07, 6.45) is -3.09. The highest BCUT2D eigenvalue weighted by atomic mass is 35.5. The molecule has 1 atom stereocenters. The van der Waals surface area contributed by atoms with Crippen LogP contribution in [-0.4, -0.2) is 38.9 Å². The minimum Gasteiger partial charge on any atom is -0.316 e. The van der Waals surface area contributed by atoms with Crippen molar-refractivity contribution in [3.8, 4) is 0 Å². The summed E-state index contributed by atoms with van der Waals surface area (Å²) in [6.45, 7) is 2.25. The smallest absolute Gasteiger partial charge is 0.316 e. The second-order valence-electron chi connectivity index (χ2n) is 6.15. The largest absolute Gasteiger partial charge is 0.417 e. The van der Waals surface area contributed by atoms with Crippen LogP contribution < -0.4 is 5.32 Å². The summed E-state index contributed by atoms with van der Waals surface area (Å²) < 4.78 is 65.4. The van der Waals surface area contributed by atoms with Crippen molar-refractivity contribution in [2.75, 3.05) is 26.2 Å². The fourth-order valence-electron chi connectivity index (χ4n) is 3.27. The lowest BCUT2D eigenvalue weighted by molar-refractivity contribution is -0.137. The molecule has 0 amide bonds. The van der Waals surface area contributed by atoms with Gasteiger partial charge in [-0.25, -0.2) is 8.42 Å². The van der Waals surface area contributed by atoms with Crippen molar-refractivity contribution in [1.82, 2.24) is 9.62 Å². The summed E-state index contributed by atoms with van der Waals surface area (Å²) in [4.78, 5) is -0.364. The van der Waals surface area contributed by atoms with Gasteiger partial charge in [0.25, 0.3) is 0 Å². The van der Waals surface area contributed by atoms with E-state index in [4.69, 9.17) is 11.6 Å². The summed E-state index contributed by atoms with van der Waals surface area (Å²) in [5, 5.41) is 2.71. The van der Waals surface area contributed by atoms with Crippen molar-refractivity contribution in [1.29, 1.82) is 0 Å². The van der Waals surface area contributed by atoms with Crippen molar-refractivity contribution >= 4 is 21.6 Å². The van der Waals surface area contributed by atoms with Gasteiger partial charge < -0.3 is 5.32 Å². The standard InChI is InChI=1S/C14H16ClF3N2O2S/c15-12-2-1-10(7-11(12)14(16,17)18)23(21,22)20-6-4-13(9-20)3-5-19-8-13/h1-2,7,19H,3-6,8-9H2. The normalized spacial score (nSPS) is 26.3. The van der Waals surface area contributed by atoms with E-state index in [-0.39, 0.29) is 10.3 Å². The molecule has 1 aromatic carbocycles. The maximum absolute atomic E-state index is 12.9. The number of benzene rings is 1. The molecule has 0 aromatic heterocycles. The molecule has 2 saturated heterocycles. The molecule has 128 valence electrons. The second-order valence-corrected chi connectivity index (χ2v) is 8.50. The van der Waals surface area contributed by atoms with Gasteiger partial charge in [0.05, 0.1) is 15.5 Å². The van der Waals surface area contributed by atoms with Crippen LogP contribution in [0.1, 0.15) is 18.4 Å². The quantitative estimate of drug-likeness (QED) is 0.873. The first-order valence-electron chi connectivity index (χ1n) is 7.22. The third kappa shape index (κ3) is 3.09. The summed E-state index contributed by atoms with van der Waals surface area (Å²) >= 11 is 5.55. The molecule has 0 bridgehead atoms. The average molecular weight is 369 g/mol. The number of sulfonamides is 1. The monoisotopic (exact) mass is 368 g/mol. The fraction of sp³-hybridized carbons (Fsp3) is 0.571. The van der Waals surface area contributed by atoms with E-state index < -0.39 is 26.8 Å². The van der Waals surface area contributed by atoms with E-state index in [1.54, 1.807) is 0 Å². The van der Waals surface area contributed by atoms with E-state index in [9.17, 15) is 21.6 Å². The zero-order valence-corrected chi connectivity index (χ0v) is 13.7. The maximum Gasteiger partial charge on any atom is 0.417 e. The first-order valence-corrected chi connectivity index (χ1v) is 9.04. The molecule has 0 saturated carbocycles. The SMILES string of the molecule is O=S(=O)(c1ccc(Cl)c(C(F)(F)F)c1)N1CCC2(CCNC2)C1. The number of nitrogens with zero attached hydrogens (tertiary/aromatic N) is 1. The van der Waals surface area contributed by atoms with Crippen molar-refractivity contribution in [3.05, 3.63) is 28.8 Å². The van der Waals surface area contributed by atoms with Gasteiger partial charge in [-0.1, -0.05) is 11.6 Å². The molecule has 2 aliphatic heterocycles. The van der Waals surface area contributed by atoms with Crippen LogP contribution >= 0.6 is 11.6 Å². The number of alkyl halides is 3. The van der Waals surface area contributed by atoms with Gasteiger partial charge in [0.1, 0.15) is 0 Å². The fourth-order valence-corrected chi connectivity index (χ4v) is 5.08. The van der Waals surface area contributed by atoms with Crippen LogP contribution in [0.25, 0.3) is 0 Å². The molecular formula is C14H16ClF3N2O2S. The van der Waals surface area contributed by atoms with Gasteiger partial charge in [0.2, 0.25) is 10.0 Å². The molecule has 1 aromatic rings. The number of hydrogen-bond acceptors (Lipinski definition) is 3. The highest BCUT2D eigenvalue weighted by Gasteiger charge is 2.45. The van der Waals surface area contributed by atoms with E-state index in [1.807, 2.05) is 0 Å². The van der Waals surface area contributed by atoms with Crippen molar-refractivity contribution in [2.45, 2.75) is 23.9 Å². The Morgan fingerprint density at radius 1 is 1.26 bits per heavy atom. The molecule has 1 spiro atoms. The lowest BCUT2D eigenvalue weighted by Gasteiger charge is -2.23. The van der Waals surface area contributed by atoms with E-state index in [2.05, 4.69) is 5.32 Å². The van der Waals surface area contributed by atoms with Gasteiger partial charge >= 0.3 is 6.18 Å². The molecule has 1 N–H and O–H groups in total. The second kappa shape index (κ2) is 5.61. The number of halogens is 4. The highest BCUT2D eigenvalue weighted by molar-refractivity contribution is 7.89. The lowest BCUT2D eigenvalue weighted by atomic mass is 9.87. The summed E-state index contributed by atoms with van der Waals surface area (Å²) in [5.41, 5.74) is -1.22. The van der Waals surface area contributed by atoms with Crippen molar-refractivity contribution in [3.63, 3.8) is 0 Å². The lowest BCUT2D eigenvalue weighted by Crippen LogP contribution is -2.33. The van der Waals surface area contributed by atoms with Gasteiger partial charge in [0.15, 0.2) is 0 Å². The Kier molecular flexibility index (Phi) is 4.15. The Morgan fingerprint density at radius 3 is 2.61 bits per heavy atom. The average Bonchev–Trinajstić information content (AvgIpc) is 3.09. The Balaban J connectivity index is 1.92. The molecule has 3 rings (SSSR count). The van der Waals surface area contributed by atoms with Gasteiger partial charge in [-0.15, -0.1) is 0 Å². The minimum atomic E-state index is -4.69. The van der Waals surface area contributed by atoms with E-state index >= 15 is 0 Å². The van der Waals surface area contributed by atoms with Gasteiger partial charge in [-0.05, 0) is 43.0 Å². The van der Waals surface area contributed by atoms with Gasteiger partial charge in [0, 0.05) is 19.6 Å².